The lowest BCUT2D eigenvalue weighted by atomic mass is 10.2. The fraction of sp³-hybridized carbons (Fsp3) is 0.0769. The molecule has 1 aromatic carbocycles. The van der Waals surface area contributed by atoms with Crippen molar-refractivity contribution in [2.45, 2.75) is 6.92 Å². The Balaban J connectivity index is 2.22. The number of nitrogens with one attached hydrogen (secondary N) is 1. The van der Waals surface area contributed by atoms with Crippen LogP contribution < -0.4 is 11.1 Å². The summed E-state index contributed by atoms with van der Waals surface area (Å²) >= 11 is 5.75. The van der Waals surface area contributed by atoms with Crippen LogP contribution in [0.25, 0.3) is 0 Å². The smallest absolute Gasteiger partial charge is 0.255 e. The summed E-state index contributed by atoms with van der Waals surface area (Å²) in [6.07, 6.45) is 0. The van der Waals surface area contributed by atoms with Crippen LogP contribution in [-0.2, 0) is 0 Å². The predicted molar refractivity (Wildman–Crippen MR) is 72.8 cm³/mol. The average Bonchev–Trinajstić information content (AvgIpc) is 2.27. The Morgan fingerprint density at radius 3 is 2.78 bits per heavy atom. The minimum atomic E-state index is -0.267. The Kier molecular flexibility index (Phi) is 3.48. The van der Waals surface area contributed by atoms with E-state index in [1.165, 1.54) is 12.1 Å². The summed E-state index contributed by atoms with van der Waals surface area (Å²) in [6.45, 7) is 1.96. The maximum Gasteiger partial charge on any atom is 0.255 e. The Hall–Kier alpha value is -2.07. The SMILES string of the molecule is Cc1cccc(NC(=O)c2cc(N)nc(Cl)c2)c1. The number of amides is 1. The summed E-state index contributed by atoms with van der Waals surface area (Å²) in [5, 5.41) is 2.97. The van der Waals surface area contributed by atoms with Crippen LogP contribution in [-0.4, -0.2) is 10.9 Å². The van der Waals surface area contributed by atoms with Crippen LogP contribution in [0.4, 0.5) is 11.5 Å². The first-order valence-electron chi connectivity index (χ1n) is 5.36. The summed E-state index contributed by atoms with van der Waals surface area (Å²) in [4.78, 5) is 15.8. The minimum Gasteiger partial charge on any atom is -0.384 e. The molecular weight excluding hydrogens is 250 g/mol. The second kappa shape index (κ2) is 5.06. The van der Waals surface area contributed by atoms with Crippen LogP contribution in [0, 0.1) is 6.92 Å². The highest BCUT2D eigenvalue weighted by Gasteiger charge is 2.08. The molecule has 4 nitrogen and oxygen atoms in total. The van der Waals surface area contributed by atoms with Crippen molar-refractivity contribution in [2.75, 3.05) is 11.1 Å². The van der Waals surface area contributed by atoms with E-state index in [2.05, 4.69) is 10.3 Å². The number of rotatable bonds is 2. The first-order chi connectivity index (χ1) is 8.54. The molecule has 5 heteroatoms. The number of benzene rings is 1. The van der Waals surface area contributed by atoms with Gasteiger partial charge < -0.3 is 11.1 Å². The van der Waals surface area contributed by atoms with Gasteiger partial charge in [0.2, 0.25) is 0 Å². The molecule has 0 saturated heterocycles. The molecule has 1 aromatic heterocycles. The fourth-order valence-corrected chi connectivity index (χ4v) is 1.79. The molecule has 0 aliphatic heterocycles. The van der Waals surface area contributed by atoms with Gasteiger partial charge in [0.25, 0.3) is 5.91 Å². The zero-order valence-electron chi connectivity index (χ0n) is 9.77. The quantitative estimate of drug-likeness (QED) is 0.817. The number of nitrogens with two attached hydrogens (primary N) is 1. The molecule has 0 radical (unpaired) electrons. The van der Waals surface area contributed by atoms with Crippen LogP contribution in [0.15, 0.2) is 36.4 Å². The van der Waals surface area contributed by atoms with E-state index in [9.17, 15) is 4.79 Å². The van der Waals surface area contributed by atoms with Crippen LogP contribution in [0.2, 0.25) is 5.15 Å². The highest BCUT2D eigenvalue weighted by molar-refractivity contribution is 6.30. The molecule has 0 bridgehead atoms. The predicted octanol–water partition coefficient (Wildman–Crippen LogP) is 2.88. The van der Waals surface area contributed by atoms with E-state index < -0.39 is 0 Å². The van der Waals surface area contributed by atoms with Crippen molar-refractivity contribution in [3.63, 3.8) is 0 Å². The number of pyridine rings is 1. The Labute approximate surface area is 110 Å². The lowest BCUT2D eigenvalue weighted by molar-refractivity contribution is 0.102. The van der Waals surface area contributed by atoms with Crippen LogP contribution >= 0.6 is 11.6 Å². The largest absolute Gasteiger partial charge is 0.384 e. The van der Waals surface area contributed by atoms with Gasteiger partial charge in [-0.3, -0.25) is 4.79 Å². The molecule has 3 N–H and O–H groups in total. The Bertz CT molecular complexity index is 578. The maximum atomic E-state index is 12.0. The molecule has 2 rings (SSSR count). The first kappa shape index (κ1) is 12.4. The number of aromatic nitrogens is 1. The summed E-state index contributed by atoms with van der Waals surface area (Å²) in [6, 6.07) is 10.5. The molecule has 18 heavy (non-hydrogen) atoms. The van der Waals surface area contributed by atoms with E-state index in [1.807, 2.05) is 31.2 Å². The van der Waals surface area contributed by atoms with E-state index in [-0.39, 0.29) is 16.9 Å². The maximum absolute atomic E-state index is 12.0. The normalized spacial score (nSPS) is 10.1. The van der Waals surface area contributed by atoms with E-state index in [4.69, 9.17) is 17.3 Å². The van der Waals surface area contributed by atoms with Gasteiger partial charge in [-0.1, -0.05) is 23.7 Å². The highest BCUT2D eigenvalue weighted by Crippen LogP contribution is 2.15. The molecule has 0 aliphatic rings. The van der Waals surface area contributed by atoms with Gasteiger partial charge in [-0.05, 0) is 36.8 Å². The van der Waals surface area contributed by atoms with Gasteiger partial charge in [0.15, 0.2) is 0 Å². The molecule has 1 amide bonds. The molecule has 0 aliphatic carbocycles. The number of halogens is 1. The van der Waals surface area contributed by atoms with E-state index in [0.29, 0.717) is 5.56 Å². The number of carbonyl (C=O) groups is 1. The van der Waals surface area contributed by atoms with Crippen LogP contribution in [0.3, 0.4) is 0 Å². The van der Waals surface area contributed by atoms with Crippen molar-refractivity contribution in [3.05, 3.63) is 52.7 Å². The lowest BCUT2D eigenvalue weighted by Gasteiger charge is -2.06. The third-order valence-corrected chi connectivity index (χ3v) is 2.55. The number of hydrogen-bond donors (Lipinski definition) is 2. The lowest BCUT2D eigenvalue weighted by Crippen LogP contribution is -2.12. The second-order valence-corrected chi connectivity index (χ2v) is 4.31. The molecule has 2 aromatic rings. The molecule has 0 unspecified atom stereocenters. The summed E-state index contributed by atoms with van der Waals surface area (Å²) in [5.41, 5.74) is 7.72. The summed E-state index contributed by atoms with van der Waals surface area (Å²) < 4.78 is 0. The molecule has 0 fully saturated rings. The molecular formula is C13H12ClN3O. The number of carbonyl (C=O) groups excluding carboxylic acids is 1. The number of nitrogens with zero attached hydrogens (tertiary/aromatic N) is 1. The molecule has 0 spiro atoms. The minimum absolute atomic E-state index is 0.199. The van der Waals surface area contributed by atoms with Crippen molar-refractivity contribution in [1.29, 1.82) is 0 Å². The molecule has 92 valence electrons. The van der Waals surface area contributed by atoms with Crippen molar-refractivity contribution < 1.29 is 4.79 Å². The van der Waals surface area contributed by atoms with Gasteiger partial charge in [-0.15, -0.1) is 0 Å². The van der Waals surface area contributed by atoms with Crippen LogP contribution in [0.5, 0.6) is 0 Å². The Morgan fingerprint density at radius 2 is 2.11 bits per heavy atom. The van der Waals surface area contributed by atoms with E-state index >= 15 is 0 Å². The summed E-state index contributed by atoms with van der Waals surface area (Å²) in [7, 11) is 0. The molecule has 1 heterocycles. The number of hydrogen-bond acceptors (Lipinski definition) is 3. The number of anilines is 2. The van der Waals surface area contributed by atoms with Gasteiger partial charge >= 0.3 is 0 Å². The molecule has 0 atom stereocenters. The van der Waals surface area contributed by atoms with E-state index in [0.717, 1.165) is 11.3 Å². The van der Waals surface area contributed by atoms with E-state index in [1.54, 1.807) is 0 Å². The first-order valence-corrected chi connectivity index (χ1v) is 5.73. The monoisotopic (exact) mass is 261 g/mol. The van der Waals surface area contributed by atoms with Crippen LogP contribution in [0.1, 0.15) is 15.9 Å². The number of nitrogen functional groups attached to an aromatic ring is 1. The van der Waals surface area contributed by atoms with Gasteiger partial charge in [-0.25, -0.2) is 4.98 Å². The summed E-state index contributed by atoms with van der Waals surface area (Å²) in [5.74, 6) is -0.0477. The zero-order chi connectivity index (χ0) is 13.1. The Morgan fingerprint density at radius 1 is 1.33 bits per heavy atom. The topological polar surface area (TPSA) is 68.0 Å². The van der Waals surface area contributed by atoms with Gasteiger partial charge in [0, 0.05) is 11.3 Å². The zero-order valence-corrected chi connectivity index (χ0v) is 10.5. The second-order valence-electron chi connectivity index (χ2n) is 3.93. The highest BCUT2D eigenvalue weighted by atomic mass is 35.5. The van der Waals surface area contributed by atoms with Crippen molar-refractivity contribution in [2.24, 2.45) is 0 Å². The van der Waals surface area contributed by atoms with Gasteiger partial charge in [-0.2, -0.15) is 0 Å². The molecule has 0 saturated carbocycles. The van der Waals surface area contributed by atoms with Crippen molar-refractivity contribution in [1.82, 2.24) is 4.98 Å². The van der Waals surface area contributed by atoms with Crippen molar-refractivity contribution >= 4 is 29.0 Å². The van der Waals surface area contributed by atoms with Crippen molar-refractivity contribution in [3.8, 4) is 0 Å². The van der Waals surface area contributed by atoms with Gasteiger partial charge in [0.05, 0.1) is 0 Å². The number of aryl methyl sites for hydroxylation is 1. The third kappa shape index (κ3) is 2.99. The third-order valence-electron chi connectivity index (χ3n) is 2.35. The standard InChI is InChI=1S/C13H12ClN3O/c1-8-3-2-4-10(5-8)16-13(18)9-6-11(14)17-12(15)7-9/h2-7H,1H3,(H2,15,17)(H,16,18). The fourth-order valence-electron chi connectivity index (χ4n) is 1.57. The van der Waals surface area contributed by atoms with Gasteiger partial charge in [0.1, 0.15) is 11.0 Å². The average molecular weight is 262 g/mol.